The van der Waals surface area contributed by atoms with Crippen molar-refractivity contribution in [1.82, 2.24) is 22.8 Å². The van der Waals surface area contributed by atoms with Crippen LogP contribution in [0.1, 0.15) is 25.5 Å². The molecule has 0 fully saturated rings. The molecule has 0 saturated carbocycles. The van der Waals surface area contributed by atoms with E-state index in [1.165, 1.54) is 104 Å². The first-order valence-corrected chi connectivity index (χ1v) is 25.2. The van der Waals surface area contributed by atoms with Gasteiger partial charge in [-0.05, 0) is 103 Å². The second kappa shape index (κ2) is 15.9. The minimum absolute atomic E-state index is 1.04. The van der Waals surface area contributed by atoms with Crippen molar-refractivity contribution in [2.45, 2.75) is 19.8 Å². The van der Waals surface area contributed by atoms with Crippen molar-refractivity contribution in [3.8, 4) is 28.4 Å². The largest absolute Gasteiger partial charge is 0.309 e. The van der Waals surface area contributed by atoms with Crippen molar-refractivity contribution >= 4 is 104 Å². The number of fused-ring (bicyclic) bond motifs is 15. The molecule has 0 radical (unpaired) electrons. The minimum atomic E-state index is 1.04. The van der Waals surface area contributed by atoms with Gasteiger partial charge in [-0.3, -0.25) is 0 Å². The zero-order valence-electron chi connectivity index (χ0n) is 39.7. The van der Waals surface area contributed by atoms with Crippen LogP contribution >= 0.6 is 0 Å². The van der Waals surface area contributed by atoms with E-state index in [4.69, 9.17) is 0 Å². The van der Waals surface area contributed by atoms with E-state index < -0.39 is 0 Å². The van der Waals surface area contributed by atoms with Gasteiger partial charge in [0.25, 0.3) is 0 Å². The van der Waals surface area contributed by atoms with Crippen molar-refractivity contribution in [3.05, 3.63) is 242 Å². The molecule has 0 amide bonds. The summed E-state index contributed by atoms with van der Waals surface area (Å²) >= 11 is 0. The number of nitrogens with zero attached hydrogens (tertiary/aromatic N) is 5. The molecule has 0 bridgehead atoms. The molecule has 0 spiro atoms. The zero-order valence-corrected chi connectivity index (χ0v) is 39.7. The molecule has 0 aliphatic heterocycles. The first kappa shape index (κ1) is 40.6. The van der Waals surface area contributed by atoms with Gasteiger partial charge in [-0.15, -0.1) is 0 Å². The molecular weight excluding hydrogens is 875 g/mol. The number of hydrogen-bond donors (Lipinski definition) is 0. The van der Waals surface area contributed by atoms with Crippen molar-refractivity contribution in [3.63, 3.8) is 0 Å². The molecule has 5 aromatic heterocycles. The highest BCUT2D eigenvalue weighted by Gasteiger charge is 2.24. The quantitative estimate of drug-likeness (QED) is 0.145. The number of allylic oxidation sites excluding steroid dienone is 1. The summed E-state index contributed by atoms with van der Waals surface area (Å²) in [7, 11) is 0. The predicted octanol–water partition coefficient (Wildman–Crippen LogP) is 17.8. The SMILES string of the molecule is CCC/C=C\c1cc2ccc3c(c4ccccc4n3-c3cccc(-n4c5ccccc5c5ccc6c7ccccc7n(-c7cccc(-n8c9ccccc9c9ccccc98)c7)c6c54)c3)c2n1-c1ccccc1. The van der Waals surface area contributed by atoms with Gasteiger partial charge < -0.3 is 22.8 Å². The predicted molar refractivity (Wildman–Crippen MR) is 305 cm³/mol. The summed E-state index contributed by atoms with van der Waals surface area (Å²) in [5.74, 6) is 0. The number of benzene rings is 10. The number of hydrogen-bond acceptors (Lipinski definition) is 0. The first-order chi connectivity index (χ1) is 35.7. The highest BCUT2D eigenvalue weighted by atomic mass is 15.1. The van der Waals surface area contributed by atoms with Crippen LogP contribution in [-0.2, 0) is 0 Å². The topological polar surface area (TPSA) is 24.6 Å². The average molecular weight is 922 g/mol. The fourth-order valence-corrected chi connectivity index (χ4v) is 12.2. The van der Waals surface area contributed by atoms with Crippen LogP contribution in [0.5, 0.6) is 0 Å². The van der Waals surface area contributed by atoms with Crippen molar-refractivity contribution in [2.24, 2.45) is 0 Å². The van der Waals surface area contributed by atoms with E-state index in [0.717, 1.165) is 41.3 Å². The number of aromatic nitrogens is 5. The monoisotopic (exact) mass is 921 g/mol. The van der Waals surface area contributed by atoms with Crippen LogP contribution in [0.15, 0.2) is 237 Å². The highest BCUT2D eigenvalue weighted by molar-refractivity contribution is 6.24. The summed E-state index contributed by atoms with van der Waals surface area (Å²) in [6.45, 7) is 2.24. The van der Waals surface area contributed by atoms with Gasteiger partial charge in [-0.1, -0.05) is 159 Å². The molecule has 10 aromatic carbocycles. The molecule has 5 nitrogen and oxygen atoms in total. The Labute approximate surface area is 415 Å². The Morgan fingerprint density at radius 1 is 0.306 bits per heavy atom. The van der Waals surface area contributed by atoms with E-state index in [2.05, 4.69) is 272 Å². The van der Waals surface area contributed by atoms with Gasteiger partial charge in [0.1, 0.15) is 0 Å². The van der Waals surface area contributed by atoms with Crippen LogP contribution in [0, 0.1) is 0 Å². The lowest BCUT2D eigenvalue weighted by Crippen LogP contribution is -2.01. The van der Waals surface area contributed by atoms with Gasteiger partial charge >= 0.3 is 0 Å². The lowest BCUT2D eigenvalue weighted by molar-refractivity contribution is 0.961. The van der Waals surface area contributed by atoms with Gasteiger partial charge in [-0.25, -0.2) is 0 Å². The van der Waals surface area contributed by atoms with Crippen molar-refractivity contribution in [1.29, 1.82) is 0 Å². The Hall–Kier alpha value is -9.32. The smallest absolute Gasteiger partial charge is 0.0788 e. The van der Waals surface area contributed by atoms with Gasteiger partial charge in [-0.2, -0.15) is 0 Å². The Kier molecular flexibility index (Phi) is 8.93. The fourth-order valence-electron chi connectivity index (χ4n) is 12.2. The third-order valence-corrected chi connectivity index (χ3v) is 15.1. The Morgan fingerprint density at radius 2 is 0.722 bits per heavy atom. The first-order valence-electron chi connectivity index (χ1n) is 25.2. The fraction of sp³-hybridized carbons (Fsp3) is 0.0448. The van der Waals surface area contributed by atoms with Crippen LogP contribution in [0.4, 0.5) is 0 Å². The minimum Gasteiger partial charge on any atom is -0.309 e. The van der Waals surface area contributed by atoms with E-state index >= 15 is 0 Å². The Bertz CT molecular complexity index is 4650. The molecule has 0 atom stereocenters. The molecule has 0 saturated heterocycles. The summed E-state index contributed by atoms with van der Waals surface area (Å²) in [6, 6.07) is 85.1. The molecule has 5 heteroatoms. The second-order valence-corrected chi connectivity index (χ2v) is 19.2. The van der Waals surface area contributed by atoms with Crippen LogP contribution in [0.2, 0.25) is 0 Å². The summed E-state index contributed by atoms with van der Waals surface area (Å²) in [5.41, 5.74) is 17.4. The molecule has 5 heterocycles. The summed E-state index contributed by atoms with van der Waals surface area (Å²) in [4.78, 5) is 0. The maximum Gasteiger partial charge on any atom is 0.0788 e. The third kappa shape index (κ3) is 5.82. The van der Waals surface area contributed by atoms with Crippen LogP contribution in [0.3, 0.4) is 0 Å². The molecule has 72 heavy (non-hydrogen) atoms. The number of rotatable bonds is 8. The highest BCUT2D eigenvalue weighted by Crippen LogP contribution is 2.44. The Morgan fingerprint density at radius 3 is 1.25 bits per heavy atom. The lowest BCUT2D eigenvalue weighted by Gasteiger charge is -2.15. The summed E-state index contributed by atoms with van der Waals surface area (Å²) in [5, 5.41) is 11.1. The maximum absolute atomic E-state index is 2.52. The normalized spacial score (nSPS) is 12.3. The van der Waals surface area contributed by atoms with Gasteiger partial charge in [0.2, 0.25) is 0 Å². The zero-order chi connectivity index (χ0) is 47.4. The van der Waals surface area contributed by atoms with E-state index in [9.17, 15) is 0 Å². The molecule has 15 aromatic rings. The lowest BCUT2D eigenvalue weighted by atomic mass is 10.1. The van der Waals surface area contributed by atoms with Gasteiger partial charge in [0, 0.05) is 82.6 Å². The average Bonchev–Trinajstić information content (AvgIpc) is 4.24. The molecular formula is C67H47N5. The molecule has 340 valence electrons. The second-order valence-electron chi connectivity index (χ2n) is 19.2. The molecule has 0 aliphatic carbocycles. The summed E-state index contributed by atoms with van der Waals surface area (Å²) in [6.07, 6.45) is 6.76. The van der Waals surface area contributed by atoms with Gasteiger partial charge in [0.15, 0.2) is 0 Å². The van der Waals surface area contributed by atoms with E-state index in [1.807, 2.05) is 0 Å². The number of unbranched alkanes of at least 4 members (excludes halogenated alkanes) is 1. The standard InChI is InChI=1S/C67H47N5/c1-2-3-5-22-46-41-44-37-40-63-64(65(44)68(46)45-20-6-4-7-21-45)57-31-12-17-36-62(57)70(63)48-24-19-26-50(43-48)72-61-35-16-11-30-54(61)56-39-38-55-53-29-10-15-34-60(53)71(66(55)67(56)72)49-25-18-23-47(42-49)69-58-32-13-8-27-51(58)52-28-9-14-33-59(52)69/h4-43H,2-3H2,1H3/b22-5-. The van der Waals surface area contributed by atoms with E-state index in [1.54, 1.807) is 0 Å². The van der Waals surface area contributed by atoms with Crippen molar-refractivity contribution in [2.75, 3.05) is 0 Å². The third-order valence-electron chi connectivity index (χ3n) is 15.1. The summed E-state index contributed by atoms with van der Waals surface area (Å²) < 4.78 is 12.4. The van der Waals surface area contributed by atoms with Gasteiger partial charge in [0.05, 0.1) is 49.7 Å². The van der Waals surface area contributed by atoms with E-state index in [0.29, 0.717) is 0 Å². The molecule has 0 aliphatic rings. The van der Waals surface area contributed by atoms with Crippen LogP contribution in [0.25, 0.3) is 133 Å². The molecule has 0 N–H and O–H groups in total. The number of para-hydroxylation sites is 6. The van der Waals surface area contributed by atoms with E-state index in [-0.39, 0.29) is 0 Å². The molecule has 0 unspecified atom stereocenters. The Balaban J connectivity index is 0.992. The maximum atomic E-state index is 2.52. The van der Waals surface area contributed by atoms with Crippen molar-refractivity contribution < 1.29 is 0 Å². The van der Waals surface area contributed by atoms with Crippen LogP contribution < -0.4 is 0 Å². The van der Waals surface area contributed by atoms with Crippen LogP contribution in [-0.4, -0.2) is 22.8 Å². The molecule has 15 rings (SSSR count).